The molecule has 0 bridgehead atoms. The minimum atomic E-state index is -0.404. The smallest absolute Gasteiger partial charge is 0.269 e. The fourth-order valence-electron chi connectivity index (χ4n) is 1.30. The minimum Gasteiger partial charge on any atom is -0.307 e. The Bertz CT molecular complexity index is 353. The van der Waals surface area contributed by atoms with Gasteiger partial charge in [0.25, 0.3) is 5.69 Å². The third-order valence-electron chi connectivity index (χ3n) is 2.32. The Morgan fingerprint density at radius 3 is 2.59 bits per heavy atom. The van der Waals surface area contributed by atoms with E-state index in [4.69, 9.17) is 4.18 Å². The molecule has 0 aliphatic carbocycles. The lowest BCUT2D eigenvalue weighted by atomic mass is 10.2. The van der Waals surface area contributed by atoms with Gasteiger partial charge in [-0.05, 0) is 25.5 Å². The van der Waals surface area contributed by atoms with Gasteiger partial charge in [0, 0.05) is 29.1 Å². The molecule has 0 amide bonds. The zero-order valence-corrected chi connectivity index (χ0v) is 10.9. The summed E-state index contributed by atoms with van der Waals surface area (Å²) in [5, 5.41) is 10.5. The summed E-state index contributed by atoms with van der Waals surface area (Å²) >= 11 is 1.28. The molecule has 1 aromatic rings. The predicted octanol–water partition coefficient (Wildman–Crippen LogP) is 4.20. The quantitative estimate of drug-likeness (QED) is 0.416. The fourth-order valence-corrected chi connectivity index (χ4v) is 1.92. The molecule has 0 spiro atoms. The molecule has 1 rings (SSSR count). The Morgan fingerprint density at radius 2 is 2.06 bits per heavy atom. The first-order chi connectivity index (χ1) is 8.13. The van der Waals surface area contributed by atoms with Crippen molar-refractivity contribution < 1.29 is 9.11 Å². The Balaban J connectivity index is 2.39. The molecule has 0 radical (unpaired) electrons. The van der Waals surface area contributed by atoms with Gasteiger partial charge in [0.1, 0.15) is 0 Å². The number of benzene rings is 1. The Hall–Kier alpha value is -1.07. The van der Waals surface area contributed by atoms with E-state index in [2.05, 4.69) is 6.92 Å². The van der Waals surface area contributed by atoms with Crippen LogP contribution < -0.4 is 0 Å². The molecule has 5 heteroatoms. The van der Waals surface area contributed by atoms with Gasteiger partial charge >= 0.3 is 0 Å². The topological polar surface area (TPSA) is 52.4 Å². The van der Waals surface area contributed by atoms with Gasteiger partial charge in [-0.1, -0.05) is 19.8 Å². The molecule has 0 fully saturated rings. The molecular weight excluding hydrogens is 238 g/mol. The molecule has 0 aliphatic rings. The molecule has 1 atom stereocenters. The molecule has 17 heavy (non-hydrogen) atoms. The number of nitro benzene ring substituents is 1. The number of hydrogen-bond acceptors (Lipinski definition) is 4. The van der Waals surface area contributed by atoms with E-state index in [0.717, 1.165) is 24.2 Å². The van der Waals surface area contributed by atoms with E-state index in [1.54, 1.807) is 12.1 Å². The van der Waals surface area contributed by atoms with E-state index in [9.17, 15) is 10.1 Å². The van der Waals surface area contributed by atoms with Crippen molar-refractivity contribution in [2.45, 2.75) is 44.1 Å². The highest BCUT2D eigenvalue weighted by Crippen LogP contribution is 2.24. The van der Waals surface area contributed by atoms with Gasteiger partial charge in [0.2, 0.25) is 0 Å². The van der Waals surface area contributed by atoms with Gasteiger partial charge in [-0.25, -0.2) is 0 Å². The minimum absolute atomic E-state index is 0.105. The highest BCUT2D eigenvalue weighted by molar-refractivity contribution is 7.94. The fraction of sp³-hybridized carbons (Fsp3) is 0.500. The van der Waals surface area contributed by atoms with Gasteiger partial charge in [0.15, 0.2) is 0 Å². The van der Waals surface area contributed by atoms with Crippen LogP contribution in [0.1, 0.15) is 33.1 Å². The van der Waals surface area contributed by atoms with Crippen molar-refractivity contribution in [2.75, 3.05) is 0 Å². The second-order valence-electron chi connectivity index (χ2n) is 3.88. The molecule has 1 aromatic carbocycles. The van der Waals surface area contributed by atoms with Crippen LogP contribution in [0.15, 0.2) is 29.2 Å². The first kappa shape index (κ1) is 14.0. The zero-order valence-electron chi connectivity index (χ0n) is 10.1. The van der Waals surface area contributed by atoms with E-state index >= 15 is 0 Å². The summed E-state index contributed by atoms with van der Waals surface area (Å²) < 4.78 is 5.58. The number of nitrogens with zero attached hydrogens (tertiary/aromatic N) is 1. The predicted molar refractivity (Wildman–Crippen MR) is 69.0 cm³/mol. The maximum Gasteiger partial charge on any atom is 0.269 e. The number of non-ortho nitro benzene ring substituents is 1. The van der Waals surface area contributed by atoms with Crippen LogP contribution in [0.5, 0.6) is 0 Å². The van der Waals surface area contributed by atoms with Crippen molar-refractivity contribution >= 4 is 17.7 Å². The van der Waals surface area contributed by atoms with Crippen LogP contribution in [-0.4, -0.2) is 11.0 Å². The summed E-state index contributed by atoms with van der Waals surface area (Å²) in [4.78, 5) is 10.9. The summed E-state index contributed by atoms with van der Waals surface area (Å²) in [6.45, 7) is 4.18. The molecule has 0 aromatic heterocycles. The van der Waals surface area contributed by atoms with Crippen LogP contribution in [0.2, 0.25) is 0 Å². The summed E-state index contributed by atoms with van der Waals surface area (Å²) in [6, 6.07) is 6.38. The average molecular weight is 255 g/mol. The number of hydrogen-bond donors (Lipinski definition) is 0. The van der Waals surface area contributed by atoms with Crippen LogP contribution in [0.4, 0.5) is 5.69 Å². The molecule has 0 aliphatic heterocycles. The van der Waals surface area contributed by atoms with E-state index in [0.29, 0.717) is 0 Å². The van der Waals surface area contributed by atoms with Crippen molar-refractivity contribution in [3.63, 3.8) is 0 Å². The average Bonchev–Trinajstić information content (AvgIpc) is 2.34. The Morgan fingerprint density at radius 1 is 1.41 bits per heavy atom. The number of nitro groups is 1. The first-order valence-electron chi connectivity index (χ1n) is 5.71. The van der Waals surface area contributed by atoms with Crippen LogP contribution in [0.25, 0.3) is 0 Å². The van der Waals surface area contributed by atoms with Crippen molar-refractivity contribution in [2.24, 2.45) is 0 Å². The van der Waals surface area contributed by atoms with E-state index in [1.807, 2.05) is 6.92 Å². The first-order valence-corrected chi connectivity index (χ1v) is 6.45. The molecule has 0 saturated carbocycles. The van der Waals surface area contributed by atoms with Crippen molar-refractivity contribution in [1.82, 2.24) is 0 Å². The SMILES string of the molecule is CCCCC(C)OSc1ccc([N+](=O)[O-])cc1. The third kappa shape index (κ3) is 5.19. The molecule has 0 saturated heterocycles. The summed E-state index contributed by atoms with van der Waals surface area (Å²) in [6.07, 6.45) is 3.56. The van der Waals surface area contributed by atoms with Crippen molar-refractivity contribution in [1.29, 1.82) is 0 Å². The highest BCUT2D eigenvalue weighted by Gasteiger charge is 2.06. The van der Waals surface area contributed by atoms with Gasteiger partial charge in [-0.3, -0.25) is 10.1 Å². The van der Waals surface area contributed by atoms with Gasteiger partial charge < -0.3 is 4.18 Å². The molecule has 1 unspecified atom stereocenters. The second kappa shape index (κ2) is 7.29. The highest BCUT2D eigenvalue weighted by atomic mass is 32.2. The Kier molecular flexibility index (Phi) is 6.00. The second-order valence-corrected chi connectivity index (χ2v) is 4.71. The maximum atomic E-state index is 10.5. The standard InChI is InChI=1S/C12H17NO3S/c1-3-4-5-10(2)16-17-12-8-6-11(7-9-12)13(14)15/h6-10H,3-5H2,1-2H3. The lowest BCUT2D eigenvalue weighted by Crippen LogP contribution is -2.02. The van der Waals surface area contributed by atoms with E-state index in [1.165, 1.54) is 24.2 Å². The van der Waals surface area contributed by atoms with Crippen LogP contribution in [0.3, 0.4) is 0 Å². The lowest BCUT2D eigenvalue weighted by Gasteiger charge is -2.10. The molecular formula is C12H17NO3S. The number of unbranched alkanes of at least 4 members (excludes halogenated alkanes) is 1. The summed E-state index contributed by atoms with van der Waals surface area (Å²) in [5.74, 6) is 0. The largest absolute Gasteiger partial charge is 0.307 e. The van der Waals surface area contributed by atoms with E-state index in [-0.39, 0.29) is 11.8 Å². The summed E-state index contributed by atoms with van der Waals surface area (Å²) in [5.41, 5.74) is 0.105. The zero-order chi connectivity index (χ0) is 12.7. The molecule has 0 heterocycles. The maximum absolute atomic E-state index is 10.5. The van der Waals surface area contributed by atoms with Gasteiger partial charge in [-0.15, -0.1) is 0 Å². The molecule has 0 N–H and O–H groups in total. The molecule has 94 valence electrons. The van der Waals surface area contributed by atoms with Gasteiger partial charge in [-0.2, -0.15) is 0 Å². The molecule has 4 nitrogen and oxygen atoms in total. The van der Waals surface area contributed by atoms with Crippen LogP contribution in [-0.2, 0) is 4.18 Å². The number of rotatable bonds is 7. The van der Waals surface area contributed by atoms with Crippen LogP contribution in [0, 0.1) is 10.1 Å². The summed E-state index contributed by atoms with van der Waals surface area (Å²) in [7, 11) is 0. The Labute approximate surface area is 106 Å². The monoisotopic (exact) mass is 255 g/mol. The lowest BCUT2D eigenvalue weighted by molar-refractivity contribution is -0.384. The van der Waals surface area contributed by atoms with E-state index < -0.39 is 4.92 Å². The van der Waals surface area contributed by atoms with Crippen molar-refractivity contribution in [3.05, 3.63) is 34.4 Å². The third-order valence-corrected chi connectivity index (χ3v) is 3.21. The van der Waals surface area contributed by atoms with Crippen molar-refractivity contribution in [3.8, 4) is 0 Å². The van der Waals surface area contributed by atoms with Gasteiger partial charge in [0.05, 0.1) is 11.0 Å². The normalized spacial score (nSPS) is 12.4. The van der Waals surface area contributed by atoms with Crippen LogP contribution >= 0.6 is 12.0 Å².